The van der Waals surface area contributed by atoms with Gasteiger partial charge in [-0.15, -0.1) is 0 Å². The maximum atomic E-state index is 12.1. The third-order valence-electron chi connectivity index (χ3n) is 2.69. The molecule has 0 unspecified atom stereocenters. The Morgan fingerprint density at radius 2 is 2.00 bits per heavy atom. The minimum atomic E-state index is -0.589. The molecule has 21 heavy (non-hydrogen) atoms. The minimum Gasteiger partial charge on any atom is -0.322 e. The number of hydrogen-bond acceptors (Lipinski definition) is 5. The number of nitrogens with zero attached hydrogens (tertiary/aromatic N) is 1. The smallest absolute Gasteiger partial charge is 0.293 e. The number of rotatable bonds is 4. The number of carbonyl (C=O) groups excluding carboxylic acids is 1. The number of hydrazine groups is 1. The minimum absolute atomic E-state index is 0.0544. The molecule has 0 bridgehead atoms. The van der Waals surface area contributed by atoms with E-state index in [9.17, 15) is 14.9 Å². The highest BCUT2D eigenvalue weighted by molar-refractivity contribution is 6.31. The van der Waals surface area contributed by atoms with Gasteiger partial charge in [-0.2, -0.15) is 0 Å². The molecule has 8 heteroatoms. The predicted molar refractivity (Wildman–Crippen MR) is 80.3 cm³/mol. The first-order chi connectivity index (χ1) is 10.0. The molecular formula is C13H11ClN4O3. The molecule has 2 aromatic carbocycles. The number of hydrogen-bond donors (Lipinski definition) is 3. The molecule has 0 radical (unpaired) electrons. The molecule has 0 aromatic heterocycles. The molecule has 1 amide bonds. The van der Waals surface area contributed by atoms with E-state index in [0.29, 0.717) is 10.7 Å². The molecule has 0 spiro atoms. The van der Waals surface area contributed by atoms with E-state index in [2.05, 4.69) is 10.7 Å². The van der Waals surface area contributed by atoms with Gasteiger partial charge in [-0.25, -0.2) is 0 Å². The van der Waals surface area contributed by atoms with Crippen LogP contribution in [0.15, 0.2) is 42.5 Å². The highest BCUT2D eigenvalue weighted by atomic mass is 35.5. The Morgan fingerprint density at radius 1 is 1.24 bits per heavy atom. The summed E-state index contributed by atoms with van der Waals surface area (Å²) in [5, 5.41) is 13.9. The molecule has 4 N–H and O–H groups in total. The van der Waals surface area contributed by atoms with E-state index < -0.39 is 10.8 Å². The average molecular weight is 307 g/mol. The standard InChI is InChI=1S/C13H11ClN4O3/c14-9-2-1-3-10(7-9)16-13(19)8-4-5-12(18(20)21)11(6-8)17-15/h1-7,17H,15H2,(H,16,19). The summed E-state index contributed by atoms with van der Waals surface area (Å²) in [6.45, 7) is 0. The summed E-state index contributed by atoms with van der Waals surface area (Å²) in [5.41, 5.74) is 2.80. The first-order valence-electron chi connectivity index (χ1n) is 5.83. The van der Waals surface area contributed by atoms with Crippen LogP contribution in [0.5, 0.6) is 0 Å². The first kappa shape index (κ1) is 14.8. The zero-order chi connectivity index (χ0) is 15.4. The van der Waals surface area contributed by atoms with Gasteiger partial charge in [0.25, 0.3) is 11.6 Å². The van der Waals surface area contributed by atoms with Crippen LogP contribution in [0.25, 0.3) is 0 Å². The van der Waals surface area contributed by atoms with Crippen LogP contribution in [0.3, 0.4) is 0 Å². The van der Waals surface area contributed by atoms with Gasteiger partial charge in [-0.05, 0) is 30.3 Å². The summed E-state index contributed by atoms with van der Waals surface area (Å²) < 4.78 is 0. The lowest BCUT2D eigenvalue weighted by Gasteiger charge is -2.07. The number of nitrogen functional groups attached to an aromatic ring is 1. The highest BCUT2D eigenvalue weighted by Gasteiger charge is 2.16. The van der Waals surface area contributed by atoms with Gasteiger partial charge >= 0.3 is 0 Å². The van der Waals surface area contributed by atoms with Crippen molar-refractivity contribution in [2.24, 2.45) is 5.84 Å². The number of nitro groups is 1. The molecule has 108 valence electrons. The molecule has 0 aliphatic carbocycles. The van der Waals surface area contributed by atoms with Crippen LogP contribution in [-0.4, -0.2) is 10.8 Å². The van der Waals surface area contributed by atoms with Gasteiger partial charge in [0.15, 0.2) is 0 Å². The fourth-order valence-corrected chi connectivity index (χ4v) is 1.91. The zero-order valence-corrected chi connectivity index (χ0v) is 11.4. The third kappa shape index (κ3) is 3.47. The second kappa shape index (κ2) is 6.21. The molecular weight excluding hydrogens is 296 g/mol. The van der Waals surface area contributed by atoms with Gasteiger partial charge in [0.2, 0.25) is 0 Å². The van der Waals surface area contributed by atoms with Crippen molar-refractivity contribution in [3.05, 3.63) is 63.2 Å². The van der Waals surface area contributed by atoms with Crippen LogP contribution < -0.4 is 16.6 Å². The van der Waals surface area contributed by atoms with Crippen LogP contribution >= 0.6 is 11.6 Å². The fraction of sp³-hybridized carbons (Fsp3) is 0. The second-order valence-electron chi connectivity index (χ2n) is 4.10. The Morgan fingerprint density at radius 3 is 2.62 bits per heavy atom. The molecule has 0 atom stereocenters. The van der Waals surface area contributed by atoms with E-state index in [4.69, 9.17) is 17.4 Å². The Balaban J connectivity index is 2.25. The molecule has 0 saturated heterocycles. The van der Waals surface area contributed by atoms with Crippen LogP contribution in [0, 0.1) is 10.1 Å². The number of carbonyl (C=O) groups is 1. The van der Waals surface area contributed by atoms with Gasteiger partial charge < -0.3 is 10.7 Å². The topological polar surface area (TPSA) is 110 Å². The van der Waals surface area contributed by atoms with Crippen molar-refractivity contribution in [3.8, 4) is 0 Å². The fourth-order valence-electron chi connectivity index (χ4n) is 1.72. The number of nitro benzene ring substituents is 1. The van der Waals surface area contributed by atoms with Crippen molar-refractivity contribution in [3.63, 3.8) is 0 Å². The molecule has 2 rings (SSSR count). The number of nitrogens with one attached hydrogen (secondary N) is 2. The molecule has 0 aliphatic heterocycles. The van der Waals surface area contributed by atoms with Crippen molar-refractivity contribution in [1.82, 2.24) is 0 Å². The van der Waals surface area contributed by atoms with Gasteiger partial charge in [-0.1, -0.05) is 17.7 Å². The van der Waals surface area contributed by atoms with Crippen molar-refractivity contribution in [1.29, 1.82) is 0 Å². The number of anilines is 2. The number of benzene rings is 2. The highest BCUT2D eigenvalue weighted by Crippen LogP contribution is 2.25. The monoisotopic (exact) mass is 306 g/mol. The number of halogens is 1. The average Bonchev–Trinajstić information content (AvgIpc) is 2.46. The SMILES string of the molecule is NNc1cc(C(=O)Nc2cccc(Cl)c2)ccc1[N+](=O)[O-]. The summed E-state index contributed by atoms with van der Waals surface area (Å²) in [7, 11) is 0. The van der Waals surface area contributed by atoms with E-state index in [-0.39, 0.29) is 16.9 Å². The molecule has 2 aromatic rings. The van der Waals surface area contributed by atoms with Gasteiger partial charge in [0.05, 0.1) is 4.92 Å². The van der Waals surface area contributed by atoms with Crippen LogP contribution in [0.1, 0.15) is 10.4 Å². The number of nitrogens with two attached hydrogens (primary N) is 1. The molecule has 0 heterocycles. The van der Waals surface area contributed by atoms with Crippen molar-refractivity contribution in [2.75, 3.05) is 10.7 Å². The quantitative estimate of drug-likeness (QED) is 0.457. The second-order valence-corrected chi connectivity index (χ2v) is 4.53. The molecule has 0 aliphatic rings. The third-order valence-corrected chi connectivity index (χ3v) is 2.93. The maximum absolute atomic E-state index is 12.1. The lowest BCUT2D eigenvalue weighted by Crippen LogP contribution is -2.14. The lowest BCUT2D eigenvalue weighted by atomic mass is 10.1. The summed E-state index contributed by atoms with van der Waals surface area (Å²) in [5.74, 6) is 4.80. The Hall–Kier alpha value is -2.64. The lowest BCUT2D eigenvalue weighted by molar-refractivity contribution is -0.384. The molecule has 0 saturated carbocycles. The van der Waals surface area contributed by atoms with Gasteiger partial charge in [-0.3, -0.25) is 20.8 Å². The van der Waals surface area contributed by atoms with Crippen molar-refractivity contribution >= 4 is 34.6 Å². The van der Waals surface area contributed by atoms with E-state index in [1.54, 1.807) is 24.3 Å². The van der Waals surface area contributed by atoms with E-state index in [1.807, 2.05) is 0 Å². The van der Waals surface area contributed by atoms with E-state index >= 15 is 0 Å². The summed E-state index contributed by atoms with van der Waals surface area (Å²) in [6.07, 6.45) is 0. The summed E-state index contributed by atoms with van der Waals surface area (Å²) in [4.78, 5) is 22.3. The summed E-state index contributed by atoms with van der Waals surface area (Å²) in [6, 6.07) is 10.5. The number of amides is 1. The molecule has 0 fully saturated rings. The van der Waals surface area contributed by atoms with Crippen molar-refractivity contribution < 1.29 is 9.72 Å². The normalized spacial score (nSPS) is 10.0. The van der Waals surface area contributed by atoms with Crippen LogP contribution in [0.2, 0.25) is 5.02 Å². The van der Waals surface area contributed by atoms with Crippen LogP contribution in [-0.2, 0) is 0 Å². The van der Waals surface area contributed by atoms with E-state index in [1.165, 1.54) is 18.2 Å². The maximum Gasteiger partial charge on any atom is 0.293 e. The van der Waals surface area contributed by atoms with Gasteiger partial charge in [0.1, 0.15) is 5.69 Å². The van der Waals surface area contributed by atoms with E-state index in [0.717, 1.165) is 0 Å². The largest absolute Gasteiger partial charge is 0.322 e. The Labute approximate surface area is 124 Å². The van der Waals surface area contributed by atoms with Crippen LogP contribution in [0.4, 0.5) is 17.1 Å². The summed E-state index contributed by atoms with van der Waals surface area (Å²) >= 11 is 5.82. The predicted octanol–water partition coefficient (Wildman–Crippen LogP) is 2.79. The Kier molecular flexibility index (Phi) is 4.36. The zero-order valence-electron chi connectivity index (χ0n) is 10.7. The Bertz CT molecular complexity index is 706. The van der Waals surface area contributed by atoms with Gasteiger partial charge in [0, 0.05) is 22.3 Å². The first-order valence-corrected chi connectivity index (χ1v) is 6.21. The molecule has 7 nitrogen and oxygen atoms in total. The van der Waals surface area contributed by atoms with Crippen molar-refractivity contribution in [2.45, 2.75) is 0 Å².